The second kappa shape index (κ2) is 4.77. The Morgan fingerprint density at radius 2 is 2.53 bits per heavy atom. The highest BCUT2D eigenvalue weighted by molar-refractivity contribution is 5.02. The second-order valence-corrected chi connectivity index (χ2v) is 3.94. The molecule has 0 saturated carbocycles. The van der Waals surface area contributed by atoms with Crippen molar-refractivity contribution in [3.05, 3.63) is 17.8 Å². The Balaban J connectivity index is 2.07. The van der Waals surface area contributed by atoms with Crippen molar-refractivity contribution < 1.29 is 9.52 Å². The SMILES string of the molecule is CCN1CCCC1c1nc(CCO)co1. The van der Waals surface area contributed by atoms with Gasteiger partial charge in [0, 0.05) is 13.0 Å². The Hall–Kier alpha value is -0.870. The lowest BCUT2D eigenvalue weighted by Gasteiger charge is -2.19. The Morgan fingerprint density at radius 3 is 3.27 bits per heavy atom. The minimum Gasteiger partial charge on any atom is -0.447 e. The molecule has 1 aromatic rings. The summed E-state index contributed by atoms with van der Waals surface area (Å²) in [6, 6.07) is 0.349. The monoisotopic (exact) mass is 210 g/mol. The van der Waals surface area contributed by atoms with Crippen molar-refractivity contribution in [1.82, 2.24) is 9.88 Å². The van der Waals surface area contributed by atoms with Crippen LogP contribution in [0, 0.1) is 0 Å². The van der Waals surface area contributed by atoms with E-state index in [1.807, 2.05) is 0 Å². The molecular weight excluding hydrogens is 192 g/mol. The predicted octanol–water partition coefficient (Wildman–Crippen LogP) is 1.37. The first kappa shape index (κ1) is 10.6. The quantitative estimate of drug-likeness (QED) is 0.815. The summed E-state index contributed by atoms with van der Waals surface area (Å²) < 4.78 is 5.47. The van der Waals surface area contributed by atoms with E-state index in [4.69, 9.17) is 9.52 Å². The highest BCUT2D eigenvalue weighted by Crippen LogP contribution is 2.30. The van der Waals surface area contributed by atoms with Gasteiger partial charge in [0.05, 0.1) is 11.7 Å². The molecule has 4 nitrogen and oxygen atoms in total. The van der Waals surface area contributed by atoms with Gasteiger partial charge in [-0.05, 0) is 25.9 Å². The largest absolute Gasteiger partial charge is 0.447 e. The fourth-order valence-corrected chi connectivity index (χ4v) is 2.19. The van der Waals surface area contributed by atoms with Crippen LogP contribution in [0.15, 0.2) is 10.7 Å². The van der Waals surface area contributed by atoms with Gasteiger partial charge in [-0.1, -0.05) is 6.92 Å². The number of nitrogens with zero attached hydrogens (tertiary/aromatic N) is 2. The molecule has 1 aliphatic rings. The van der Waals surface area contributed by atoms with Gasteiger partial charge in [0.2, 0.25) is 5.89 Å². The molecule has 4 heteroatoms. The molecule has 2 heterocycles. The van der Waals surface area contributed by atoms with E-state index in [-0.39, 0.29) is 6.61 Å². The molecule has 0 aliphatic carbocycles. The van der Waals surface area contributed by atoms with Gasteiger partial charge < -0.3 is 9.52 Å². The molecule has 1 saturated heterocycles. The van der Waals surface area contributed by atoms with Gasteiger partial charge >= 0.3 is 0 Å². The van der Waals surface area contributed by atoms with Gasteiger partial charge in [-0.25, -0.2) is 4.98 Å². The second-order valence-electron chi connectivity index (χ2n) is 3.94. The van der Waals surface area contributed by atoms with E-state index >= 15 is 0 Å². The van der Waals surface area contributed by atoms with Gasteiger partial charge in [0.25, 0.3) is 0 Å². The number of rotatable bonds is 4. The molecule has 84 valence electrons. The summed E-state index contributed by atoms with van der Waals surface area (Å²) in [4.78, 5) is 6.80. The van der Waals surface area contributed by atoms with Gasteiger partial charge in [-0.3, -0.25) is 4.90 Å². The topological polar surface area (TPSA) is 49.5 Å². The van der Waals surface area contributed by atoms with Crippen LogP contribution >= 0.6 is 0 Å². The molecule has 1 aliphatic heterocycles. The Kier molecular flexibility index (Phi) is 3.38. The number of aromatic nitrogens is 1. The van der Waals surface area contributed by atoms with Crippen molar-refractivity contribution in [2.24, 2.45) is 0 Å². The van der Waals surface area contributed by atoms with Crippen LogP contribution in [0.1, 0.15) is 37.4 Å². The average molecular weight is 210 g/mol. The standard InChI is InChI=1S/C11H18N2O2/c1-2-13-6-3-4-10(13)11-12-9(5-7-14)8-15-11/h8,10,14H,2-7H2,1H3. The summed E-state index contributed by atoms with van der Waals surface area (Å²) >= 11 is 0. The fourth-order valence-electron chi connectivity index (χ4n) is 2.19. The zero-order valence-electron chi connectivity index (χ0n) is 9.15. The van der Waals surface area contributed by atoms with Crippen molar-refractivity contribution in [1.29, 1.82) is 0 Å². The summed E-state index contributed by atoms with van der Waals surface area (Å²) in [5.74, 6) is 0.817. The summed E-state index contributed by atoms with van der Waals surface area (Å²) in [5.41, 5.74) is 0.857. The molecule has 1 atom stereocenters. The van der Waals surface area contributed by atoms with E-state index in [1.54, 1.807) is 6.26 Å². The van der Waals surface area contributed by atoms with Gasteiger partial charge in [0.1, 0.15) is 6.26 Å². The number of aliphatic hydroxyl groups excluding tert-OH is 1. The maximum atomic E-state index is 8.80. The molecule has 2 rings (SSSR count). The highest BCUT2D eigenvalue weighted by atomic mass is 16.3. The Morgan fingerprint density at radius 1 is 1.67 bits per heavy atom. The summed E-state index contributed by atoms with van der Waals surface area (Å²) in [6.07, 6.45) is 4.60. The van der Waals surface area contributed by atoms with Crippen molar-refractivity contribution in [2.45, 2.75) is 32.2 Å². The molecule has 0 spiro atoms. The Labute approximate surface area is 89.9 Å². The molecule has 1 N–H and O–H groups in total. The molecular formula is C11H18N2O2. The lowest BCUT2D eigenvalue weighted by Crippen LogP contribution is -2.22. The molecule has 1 unspecified atom stereocenters. The van der Waals surface area contributed by atoms with Crippen molar-refractivity contribution in [3.8, 4) is 0 Å². The molecule has 0 bridgehead atoms. The normalized spacial score (nSPS) is 22.4. The third-order valence-corrected chi connectivity index (χ3v) is 2.99. The highest BCUT2D eigenvalue weighted by Gasteiger charge is 2.28. The molecule has 0 radical (unpaired) electrons. The number of aliphatic hydroxyl groups is 1. The van der Waals surface area contributed by atoms with Gasteiger partial charge in [-0.15, -0.1) is 0 Å². The van der Waals surface area contributed by atoms with Crippen LogP contribution in [0.4, 0.5) is 0 Å². The smallest absolute Gasteiger partial charge is 0.211 e. The first-order chi connectivity index (χ1) is 7.35. The van der Waals surface area contributed by atoms with Crippen LogP contribution in [0.5, 0.6) is 0 Å². The minimum absolute atomic E-state index is 0.133. The third kappa shape index (κ3) is 2.21. The molecule has 0 amide bonds. The van der Waals surface area contributed by atoms with Crippen molar-refractivity contribution in [2.75, 3.05) is 19.7 Å². The summed E-state index contributed by atoms with van der Waals surface area (Å²) in [6.45, 7) is 4.48. The predicted molar refractivity (Wildman–Crippen MR) is 56.5 cm³/mol. The van der Waals surface area contributed by atoms with Crippen molar-refractivity contribution in [3.63, 3.8) is 0 Å². The Bertz CT molecular complexity index is 311. The first-order valence-corrected chi connectivity index (χ1v) is 5.64. The van der Waals surface area contributed by atoms with E-state index in [9.17, 15) is 0 Å². The molecule has 15 heavy (non-hydrogen) atoms. The number of likely N-dealkylation sites (tertiary alicyclic amines) is 1. The zero-order valence-corrected chi connectivity index (χ0v) is 9.15. The van der Waals surface area contributed by atoms with E-state index in [2.05, 4.69) is 16.8 Å². The average Bonchev–Trinajstić information content (AvgIpc) is 2.84. The van der Waals surface area contributed by atoms with E-state index in [0.717, 1.165) is 31.1 Å². The first-order valence-electron chi connectivity index (χ1n) is 5.64. The van der Waals surface area contributed by atoms with Gasteiger partial charge in [0.15, 0.2) is 0 Å². The van der Waals surface area contributed by atoms with Gasteiger partial charge in [-0.2, -0.15) is 0 Å². The molecule has 1 aromatic heterocycles. The molecule has 0 aromatic carbocycles. The van der Waals surface area contributed by atoms with Crippen LogP contribution in [0.25, 0.3) is 0 Å². The van der Waals surface area contributed by atoms with E-state index in [0.29, 0.717) is 12.5 Å². The van der Waals surface area contributed by atoms with Crippen LogP contribution in [-0.2, 0) is 6.42 Å². The lowest BCUT2D eigenvalue weighted by molar-refractivity contribution is 0.233. The number of hydrogen-bond acceptors (Lipinski definition) is 4. The number of oxazole rings is 1. The summed E-state index contributed by atoms with van der Waals surface area (Å²) in [7, 11) is 0. The molecule has 1 fully saturated rings. The van der Waals surface area contributed by atoms with Crippen molar-refractivity contribution >= 4 is 0 Å². The maximum Gasteiger partial charge on any atom is 0.211 e. The van der Waals surface area contributed by atoms with E-state index in [1.165, 1.54) is 6.42 Å². The van der Waals surface area contributed by atoms with Crippen LogP contribution in [0.2, 0.25) is 0 Å². The zero-order chi connectivity index (χ0) is 10.7. The summed E-state index contributed by atoms with van der Waals surface area (Å²) in [5, 5.41) is 8.80. The van der Waals surface area contributed by atoms with E-state index < -0.39 is 0 Å². The minimum atomic E-state index is 0.133. The maximum absolute atomic E-state index is 8.80. The van der Waals surface area contributed by atoms with Crippen LogP contribution in [0.3, 0.4) is 0 Å². The number of hydrogen-bond donors (Lipinski definition) is 1. The fraction of sp³-hybridized carbons (Fsp3) is 0.727. The lowest BCUT2D eigenvalue weighted by atomic mass is 10.2. The third-order valence-electron chi connectivity index (χ3n) is 2.99. The van der Waals surface area contributed by atoms with Crippen LogP contribution < -0.4 is 0 Å². The van der Waals surface area contributed by atoms with Crippen LogP contribution in [-0.4, -0.2) is 34.7 Å².